The number of nitrogens with zero attached hydrogens (tertiary/aromatic N) is 1. The fraction of sp³-hybridized carbons (Fsp3) is 0.538. The normalized spacial score (nSPS) is 16.1. The minimum atomic E-state index is 0.210. The number of benzene rings is 2. The largest absolute Gasteiger partial charge is 0.496 e. The number of hydrogen-bond donors (Lipinski definition) is 1. The average Bonchev–Trinajstić information content (AvgIpc) is 2.75. The van der Waals surface area contributed by atoms with Crippen LogP contribution in [0.3, 0.4) is 0 Å². The molecule has 0 aliphatic carbocycles. The van der Waals surface area contributed by atoms with Gasteiger partial charge in [0.1, 0.15) is 18.1 Å². The SMILES string of the molecule is CCN(CC)CCOc1ccc2c(c1)CCNC2c1cc(C(C)C)c(OC)cc1C. The summed E-state index contributed by atoms with van der Waals surface area (Å²) in [4.78, 5) is 2.39. The van der Waals surface area contributed by atoms with Crippen LogP contribution in [-0.2, 0) is 6.42 Å². The van der Waals surface area contributed by atoms with Gasteiger partial charge in [0.05, 0.1) is 13.2 Å². The lowest BCUT2D eigenvalue weighted by Crippen LogP contribution is -2.31. The molecule has 3 rings (SSSR count). The van der Waals surface area contributed by atoms with Crippen LogP contribution in [0.1, 0.15) is 67.5 Å². The number of hydrogen-bond acceptors (Lipinski definition) is 4. The molecular weight excluding hydrogens is 372 g/mol. The van der Waals surface area contributed by atoms with Gasteiger partial charge >= 0.3 is 0 Å². The van der Waals surface area contributed by atoms with Crippen molar-refractivity contribution in [3.05, 3.63) is 58.1 Å². The first-order chi connectivity index (χ1) is 14.5. The maximum Gasteiger partial charge on any atom is 0.122 e. The summed E-state index contributed by atoms with van der Waals surface area (Å²) < 4.78 is 11.7. The Labute approximate surface area is 182 Å². The Balaban J connectivity index is 1.84. The van der Waals surface area contributed by atoms with Crippen LogP contribution in [0.5, 0.6) is 11.5 Å². The summed E-state index contributed by atoms with van der Waals surface area (Å²) in [6.45, 7) is 15.8. The van der Waals surface area contributed by atoms with E-state index in [2.05, 4.69) is 75.2 Å². The number of fused-ring (bicyclic) bond motifs is 1. The van der Waals surface area contributed by atoms with Gasteiger partial charge in [0.2, 0.25) is 0 Å². The summed E-state index contributed by atoms with van der Waals surface area (Å²) in [7, 11) is 1.76. The van der Waals surface area contributed by atoms with Gasteiger partial charge in [-0.15, -0.1) is 0 Å². The van der Waals surface area contributed by atoms with Gasteiger partial charge in [-0.2, -0.15) is 0 Å². The van der Waals surface area contributed by atoms with Crippen molar-refractivity contribution in [1.82, 2.24) is 10.2 Å². The molecule has 0 spiro atoms. The molecule has 164 valence electrons. The maximum absolute atomic E-state index is 6.07. The quantitative estimate of drug-likeness (QED) is 0.625. The highest BCUT2D eigenvalue weighted by Gasteiger charge is 2.24. The zero-order chi connectivity index (χ0) is 21.7. The molecule has 4 nitrogen and oxygen atoms in total. The van der Waals surface area contributed by atoms with E-state index in [0.29, 0.717) is 5.92 Å². The smallest absolute Gasteiger partial charge is 0.122 e. The molecule has 1 atom stereocenters. The molecule has 1 N–H and O–H groups in total. The van der Waals surface area contributed by atoms with Crippen LogP contribution >= 0.6 is 0 Å². The van der Waals surface area contributed by atoms with Crippen LogP contribution in [-0.4, -0.2) is 44.8 Å². The van der Waals surface area contributed by atoms with E-state index in [1.165, 1.54) is 27.8 Å². The van der Waals surface area contributed by atoms with Crippen LogP contribution in [0, 0.1) is 6.92 Å². The average molecular weight is 411 g/mol. The molecule has 0 aromatic heterocycles. The molecule has 0 amide bonds. The molecule has 1 unspecified atom stereocenters. The lowest BCUT2D eigenvalue weighted by Gasteiger charge is -2.30. The molecule has 30 heavy (non-hydrogen) atoms. The molecule has 0 radical (unpaired) electrons. The minimum absolute atomic E-state index is 0.210. The monoisotopic (exact) mass is 410 g/mol. The number of rotatable bonds is 9. The second kappa shape index (κ2) is 10.3. The lowest BCUT2D eigenvalue weighted by molar-refractivity contribution is 0.222. The highest BCUT2D eigenvalue weighted by atomic mass is 16.5. The van der Waals surface area contributed by atoms with Crippen molar-refractivity contribution in [2.45, 2.75) is 53.0 Å². The molecule has 0 saturated heterocycles. The summed E-state index contributed by atoms with van der Waals surface area (Å²) in [6.07, 6.45) is 1.03. The summed E-state index contributed by atoms with van der Waals surface area (Å²) in [5.41, 5.74) is 6.63. The van der Waals surface area contributed by atoms with Crippen molar-refractivity contribution in [1.29, 1.82) is 0 Å². The van der Waals surface area contributed by atoms with Crippen LogP contribution < -0.4 is 14.8 Å². The van der Waals surface area contributed by atoms with Gasteiger partial charge in [-0.3, -0.25) is 0 Å². The predicted molar refractivity (Wildman–Crippen MR) is 125 cm³/mol. The number of likely N-dealkylation sites (N-methyl/N-ethyl adjacent to an activating group) is 1. The molecule has 1 heterocycles. The van der Waals surface area contributed by atoms with Crippen molar-refractivity contribution in [3.8, 4) is 11.5 Å². The van der Waals surface area contributed by atoms with Crippen molar-refractivity contribution in [2.75, 3.05) is 39.9 Å². The van der Waals surface area contributed by atoms with Gasteiger partial charge in [0.25, 0.3) is 0 Å². The van der Waals surface area contributed by atoms with E-state index >= 15 is 0 Å². The van der Waals surface area contributed by atoms with Crippen molar-refractivity contribution >= 4 is 0 Å². The van der Waals surface area contributed by atoms with Crippen LogP contribution in [0.25, 0.3) is 0 Å². The van der Waals surface area contributed by atoms with Crippen molar-refractivity contribution in [2.24, 2.45) is 0 Å². The van der Waals surface area contributed by atoms with Crippen molar-refractivity contribution in [3.63, 3.8) is 0 Å². The number of ether oxygens (including phenoxy) is 2. The summed E-state index contributed by atoms with van der Waals surface area (Å²) in [5, 5.41) is 3.74. The lowest BCUT2D eigenvalue weighted by atomic mass is 9.85. The second-order valence-electron chi connectivity index (χ2n) is 8.48. The molecule has 2 aromatic rings. The van der Waals surface area contributed by atoms with E-state index in [0.717, 1.165) is 50.7 Å². The number of aryl methyl sites for hydroxylation is 1. The first kappa shape index (κ1) is 22.6. The van der Waals surface area contributed by atoms with E-state index in [-0.39, 0.29) is 6.04 Å². The van der Waals surface area contributed by atoms with Gasteiger partial charge in [0.15, 0.2) is 0 Å². The first-order valence-corrected chi connectivity index (χ1v) is 11.4. The molecule has 0 fully saturated rings. The van der Waals surface area contributed by atoms with E-state index < -0.39 is 0 Å². The Kier molecular flexibility index (Phi) is 7.79. The molecular formula is C26H38N2O2. The van der Waals surface area contributed by atoms with Crippen LogP contribution in [0.4, 0.5) is 0 Å². The Morgan fingerprint density at radius 1 is 1.10 bits per heavy atom. The zero-order valence-corrected chi connectivity index (χ0v) is 19.5. The maximum atomic E-state index is 6.07. The zero-order valence-electron chi connectivity index (χ0n) is 19.5. The van der Waals surface area contributed by atoms with Crippen LogP contribution in [0.2, 0.25) is 0 Å². The van der Waals surface area contributed by atoms with Gasteiger partial charge < -0.3 is 19.7 Å². The second-order valence-corrected chi connectivity index (χ2v) is 8.48. The molecule has 2 aromatic carbocycles. The predicted octanol–water partition coefficient (Wildman–Crippen LogP) is 5.08. The Morgan fingerprint density at radius 3 is 2.53 bits per heavy atom. The summed E-state index contributed by atoms with van der Waals surface area (Å²) >= 11 is 0. The minimum Gasteiger partial charge on any atom is -0.496 e. The summed E-state index contributed by atoms with van der Waals surface area (Å²) in [6, 6.07) is 11.3. The fourth-order valence-electron chi connectivity index (χ4n) is 4.40. The van der Waals surface area contributed by atoms with Crippen LogP contribution in [0.15, 0.2) is 30.3 Å². The van der Waals surface area contributed by atoms with E-state index in [9.17, 15) is 0 Å². The fourth-order valence-corrected chi connectivity index (χ4v) is 4.40. The highest BCUT2D eigenvalue weighted by molar-refractivity contribution is 5.50. The van der Waals surface area contributed by atoms with Gasteiger partial charge in [-0.25, -0.2) is 0 Å². The Bertz CT molecular complexity index is 843. The third-order valence-electron chi connectivity index (χ3n) is 6.29. The van der Waals surface area contributed by atoms with E-state index in [1.54, 1.807) is 7.11 Å². The van der Waals surface area contributed by atoms with Crippen molar-refractivity contribution < 1.29 is 9.47 Å². The number of methoxy groups -OCH3 is 1. The Hall–Kier alpha value is -2.04. The molecule has 1 aliphatic heterocycles. The highest BCUT2D eigenvalue weighted by Crippen LogP contribution is 2.37. The van der Waals surface area contributed by atoms with Gasteiger partial charge in [-0.05, 0) is 84.4 Å². The number of nitrogens with one attached hydrogen (secondary N) is 1. The van der Waals surface area contributed by atoms with E-state index in [4.69, 9.17) is 9.47 Å². The van der Waals surface area contributed by atoms with Gasteiger partial charge in [-0.1, -0.05) is 33.8 Å². The van der Waals surface area contributed by atoms with Gasteiger partial charge in [0, 0.05) is 13.1 Å². The standard InChI is InChI=1S/C26H38N2O2/c1-7-28(8-2)13-14-30-21-9-10-22-20(16-21)11-12-27-26(22)24-17-23(18(3)4)25(29-6)15-19(24)5/h9-10,15-18,26-27H,7-8,11-14H2,1-6H3. The third kappa shape index (κ3) is 4.98. The van der Waals surface area contributed by atoms with E-state index in [1.807, 2.05) is 0 Å². The molecule has 1 aliphatic rings. The summed E-state index contributed by atoms with van der Waals surface area (Å²) in [5.74, 6) is 2.39. The topological polar surface area (TPSA) is 33.7 Å². The molecule has 0 bridgehead atoms. The third-order valence-corrected chi connectivity index (χ3v) is 6.29. The first-order valence-electron chi connectivity index (χ1n) is 11.4. The Morgan fingerprint density at radius 2 is 1.87 bits per heavy atom. The molecule has 0 saturated carbocycles. The molecule has 4 heteroatoms.